The van der Waals surface area contributed by atoms with E-state index in [-0.39, 0.29) is 50.7 Å². The van der Waals surface area contributed by atoms with E-state index < -0.39 is 83.5 Å². The van der Waals surface area contributed by atoms with Crippen molar-refractivity contribution in [2.75, 3.05) is 13.7 Å². The highest BCUT2D eigenvalue weighted by molar-refractivity contribution is 5.96. The van der Waals surface area contributed by atoms with Gasteiger partial charge in [-0.3, -0.25) is 19.2 Å². The van der Waals surface area contributed by atoms with E-state index in [9.17, 15) is 33.6 Å². The quantitative estimate of drug-likeness (QED) is 0.0467. The standard InChI is InChI=1S/C46H70N6O10/c1-29(2)25-35(40(54)50-37(43(57)60-10)27-32-19-13-11-14-20-32)49-42(56)38(31(5)6)52-39(53)34(23-17-18-24-47-44(58)61-28-33-21-15-12-16-22-33)48-41(55)36(26-30(3)4)51-45(59)62-46(7,8)9/h11-16,19-22,29-31,34-38H,17-18,23-28H2,1-10H3,(H,47,58)(H,48,55)(H,49,56)(H,50,54)(H,51,59)(H,52,53)/t34-,35-,36-,37-,38+/m0/s1. The maximum atomic E-state index is 14.1. The highest BCUT2D eigenvalue weighted by atomic mass is 16.6. The lowest BCUT2D eigenvalue weighted by Gasteiger charge is -2.29. The Bertz CT molecular complexity index is 1730. The Kier molecular flexibility index (Phi) is 22.5. The number of nitrogens with one attached hydrogen (secondary N) is 6. The Morgan fingerprint density at radius 2 is 1.08 bits per heavy atom. The lowest BCUT2D eigenvalue weighted by molar-refractivity contribution is -0.145. The van der Waals surface area contributed by atoms with Crippen molar-refractivity contribution in [2.45, 2.75) is 143 Å². The summed E-state index contributed by atoms with van der Waals surface area (Å²) >= 11 is 0. The first-order valence-corrected chi connectivity index (χ1v) is 21.5. The minimum Gasteiger partial charge on any atom is -0.467 e. The summed E-state index contributed by atoms with van der Waals surface area (Å²) in [7, 11) is 1.23. The van der Waals surface area contributed by atoms with Gasteiger partial charge >= 0.3 is 18.2 Å². The van der Waals surface area contributed by atoms with E-state index in [1.165, 1.54) is 7.11 Å². The molecule has 0 spiro atoms. The summed E-state index contributed by atoms with van der Waals surface area (Å²) in [5.74, 6) is -3.70. The number of ether oxygens (including phenoxy) is 3. The molecule has 344 valence electrons. The molecule has 6 N–H and O–H groups in total. The molecule has 6 amide bonds. The lowest BCUT2D eigenvalue weighted by Crippen LogP contribution is -2.60. The zero-order valence-corrected chi connectivity index (χ0v) is 38.1. The van der Waals surface area contributed by atoms with E-state index in [1.807, 2.05) is 88.4 Å². The van der Waals surface area contributed by atoms with Gasteiger partial charge in [0.25, 0.3) is 0 Å². The SMILES string of the molecule is COC(=O)[C@H](Cc1ccccc1)NC(=O)[C@H](CC(C)C)NC(=O)[C@H](NC(=O)[C@H](CCCCNC(=O)OCc1ccccc1)NC(=O)[C@H](CC(C)C)NC(=O)OC(C)(C)C)C(C)C. The van der Waals surface area contributed by atoms with Crippen LogP contribution in [0.5, 0.6) is 0 Å². The topological polar surface area (TPSA) is 219 Å². The van der Waals surface area contributed by atoms with Crippen molar-refractivity contribution in [3.05, 3.63) is 71.8 Å². The third kappa shape index (κ3) is 20.7. The van der Waals surface area contributed by atoms with Crippen LogP contribution in [0.3, 0.4) is 0 Å². The van der Waals surface area contributed by atoms with Crippen molar-refractivity contribution >= 4 is 41.8 Å². The minimum absolute atomic E-state index is 0.0214. The maximum absolute atomic E-state index is 14.1. The fraction of sp³-hybridized carbons (Fsp3) is 0.587. The molecule has 2 rings (SSSR count). The van der Waals surface area contributed by atoms with E-state index in [2.05, 4.69) is 31.9 Å². The zero-order valence-electron chi connectivity index (χ0n) is 38.1. The summed E-state index contributed by atoms with van der Waals surface area (Å²) in [5, 5.41) is 16.4. The molecule has 16 nitrogen and oxygen atoms in total. The van der Waals surface area contributed by atoms with E-state index in [0.29, 0.717) is 12.8 Å². The number of hydrogen-bond donors (Lipinski definition) is 6. The first kappa shape index (κ1) is 52.5. The summed E-state index contributed by atoms with van der Waals surface area (Å²) in [6, 6.07) is 12.9. The average Bonchev–Trinajstić information content (AvgIpc) is 3.19. The number of unbranched alkanes of at least 4 members (excludes halogenated alkanes) is 1. The number of alkyl carbamates (subject to hydrolysis) is 2. The predicted molar refractivity (Wildman–Crippen MR) is 235 cm³/mol. The number of benzene rings is 2. The molecular weight excluding hydrogens is 797 g/mol. The number of esters is 1. The van der Waals surface area contributed by atoms with Crippen LogP contribution in [-0.2, 0) is 51.2 Å². The zero-order chi connectivity index (χ0) is 46.4. The van der Waals surface area contributed by atoms with Gasteiger partial charge in [-0.25, -0.2) is 14.4 Å². The third-order valence-corrected chi connectivity index (χ3v) is 9.42. The van der Waals surface area contributed by atoms with Crippen LogP contribution in [-0.4, -0.2) is 91.2 Å². The molecule has 0 unspecified atom stereocenters. The molecule has 0 fully saturated rings. The molecule has 0 aliphatic carbocycles. The van der Waals surface area contributed by atoms with Gasteiger partial charge in [0, 0.05) is 13.0 Å². The molecule has 0 saturated carbocycles. The number of hydrogen-bond acceptors (Lipinski definition) is 10. The molecule has 0 aliphatic rings. The van der Waals surface area contributed by atoms with Gasteiger partial charge in [0.05, 0.1) is 7.11 Å². The van der Waals surface area contributed by atoms with Gasteiger partial charge in [-0.1, -0.05) is 102 Å². The van der Waals surface area contributed by atoms with Gasteiger partial charge in [-0.2, -0.15) is 0 Å². The van der Waals surface area contributed by atoms with Crippen LogP contribution >= 0.6 is 0 Å². The van der Waals surface area contributed by atoms with Crippen LogP contribution in [0.15, 0.2) is 60.7 Å². The number of methoxy groups -OCH3 is 1. The highest BCUT2D eigenvalue weighted by Crippen LogP contribution is 2.14. The van der Waals surface area contributed by atoms with Crippen molar-refractivity contribution in [3.63, 3.8) is 0 Å². The van der Waals surface area contributed by atoms with Gasteiger partial charge in [-0.05, 0) is 81.8 Å². The molecule has 2 aromatic carbocycles. The van der Waals surface area contributed by atoms with E-state index >= 15 is 0 Å². The normalized spacial score (nSPS) is 13.8. The van der Waals surface area contributed by atoms with Gasteiger partial charge in [0.2, 0.25) is 23.6 Å². The highest BCUT2D eigenvalue weighted by Gasteiger charge is 2.34. The first-order valence-electron chi connectivity index (χ1n) is 21.5. The molecule has 0 saturated heterocycles. The Balaban J connectivity index is 2.26. The van der Waals surface area contributed by atoms with Crippen molar-refractivity contribution < 1.29 is 47.8 Å². The van der Waals surface area contributed by atoms with Crippen LogP contribution in [0.1, 0.15) is 106 Å². The lowest BCUT2D eigenvalue weighted by atomic mass is 9.98. The summed E-state index contributed by atoms with van der Waals surface area (Å²) in [5.41, 5.74) is 0.813. The minimum atomic E-state index is -1.16. The second kappa shape index (κ2) is 26.6. The van der Waals surface area contributed by atoms with E-state index in [1.54, 1.807) is 34.6 Å². The Hall–Kier alpha value is -5.67. The third-order valence-electron chi connectivity index (χ3n) is 9.42. The fourth-order valence-electron chi connectivity index (χ4n) is 6.34. The van der Waals surface area contributed by atoms with E-state index in [4.69, 9.17) is 14.2 Å². The molecular formula is C46H70N6O10. The summed E-state index contributed by atoms with van der Waals surface area (Å²) < 4.78 is 15.6. The van der Waals surface area contributed by atoms with Crippen molar-refractivity contribution in [1.29, 1.82) is 0 Å². The molecule has 0 aromatic heterocycles. The second-order valence-electron chi connectivity index (χ2n) is 17.6. The molecule has 0 heterocycles. The molecule has 0 aliphatic heterocycles. The van der Waals surface area contributed by atoms with Crippen LogP contribution in [0.4, 0.5) is 9.59 Å². The first-order chi connectivity index (χ1) is 29.2. The van der Waals surface area contributed by atoms with Crippen LogP contribution in [0.2, 0.25) is 0 Å². The molecule has 16 heteroatoms. The number of rotatable bonds is 24. The molecule has 2 aromatic rings. The summed E-state index contributed by atoms with van der Waals surface area (Å²) in [6.45, 7) is 16.4. The van der Waals surface area contributed by atoms with Crippen molar-refractivity contribution in [3.8, 4) is 0 Å². The number of carbonyl (C=O) groups is 7. The van der Waals surface area contributed by atoms with Crippen LogP contribution in [0, 0.1) is 17.8 Å². The monoisotopic (exact) mass is 867 g/mol. The molecule has 5 atom stereocenters. The predicted octanol–water partition coefficient (Wildman–Crippen LogP) is 5.08. The van der Waals surface area contributed by atoms with Gasteiger partial charge in [0.1, 0.15) is 42.4 Å². The average molecular weight is 867 g/mol. The smallest absolute Gasteiger partial charge is 0.408 e. The Morgan fingerprint density at radius 3 is 1.60 bits per heavy atom. The Morgan fingerprint density at radius 1 is 0.581 bits per heavy atom. The second-order valence-corrected chi connectivity index (χ2v) is 17.6. The largest absolute Gasteiger partial charge is 0.467 e. The number of carbonyl (C=O) groups excluding carboxylic acids is 7. The summed E-state index contributed by atoms with van der Waals surface area (Å²) in [4.78, 5) is 93.5. The maximum Gasteiger partial charge on any atom is 0.408 e. The fourth-order valence-corrected chi connectivity index (χ4v) is 6.34. The van der Waals surface area contributed by atoms with E-state index in [0.717, 1.165) is 11.1 Å². The molecule has 0 bridgehead atoms. The Labute approximate surface area is 367 Å². The van der Waals surface area contributed by atoms with Gasteiger partial charge < -0.3 is 46.1 Å². The van der Waals surface area contributed by atoms with Crippen molar-refractivity contribution in [2.24, 2.45) is 17.8 Å². The summed E-state index contributed by atoms with van der Waals surface area (Å²) in [6.07, 6.45) is 0.136. The molecule has 0 radical (unpaired) electrons. The van der Waals surface area contributed by atoms with Crippen LogP contribution < -0.4 is 31.9 Å². The van der Waals surface area contributed by atoms with Crippen molar-refractivity contribution in [1.82, 2.24) is 31.9 Å². The number of amides is 6. The molecule has 62 heavy (non-hydrogen) atoms. The van der Waals surface area contributed by atoms with Gasteiger partial charge in [0.15, 0.2) is 0 Å². The van der Waals surface area contributed by atoms with Gasteiger partial charge in [-0.15, -0.1) is 0 Å². The van der Waals surface area contributed by atoms with Crippen LogP contribution in [0.25, 0.3) is 0 Å².